The molecule has 0 saturated carbocycles. The summed E-state index contributed by atoms with van der Waals surface area (Å²) in [7, 11) is 1.67. The van der Waals surface area contributed by atoms with Gasteiger partial charge in [-0.15, -0.1) is 0 Å². The van der Waals surface area contributed by atoms with Crippen LogP contribution in [0.2, 0.25) is 5.02 Å². The molecule has 0 aromatic heterocycles. The van der Waals surface area contributed by atoms with E-state index in [9.17, 15) is 14.0 Å². The lowest BCUT2D eigenvalue weighted by atomic mass is 10.1. The van der Waals surface area contributed by atoms with Gasteiger partial charge in [0.05, 0.1) is 0 Å². The first-order valence-corrected chi connectivity index (χ1v) is 7.61. The smallest absolute Gasteiger partial charge is 0.223 e. The molecule has 0 fully saturated rings. The Morgan fingerprint density at radius 2 is 1.70 bits per heavy atom. The van der Waals surface area contributed by atoms with Crippen molar-refractivity contribution in [1.82, 2.24) is 4.90 Å². The summed E-state index contributed by atoms with van der Waals surface area (Å²) in [5.41, 5.74) is 1.27. The van der Waals surface area contributed by atoms with E-state index in [1.165, 1.54) is 24.3 Å². The van der Waals surface area contributed by atoms with Gasteiger partial charge in [0.15, 0.2) is 5.78 Å². The minimum absolute atomic E-state index is 0.0946. The summed E-state index contributed by atoms with van der Waals surface area (Å²) in [6, 6.07) is 12.6. The van der Waals surface area contributed by atoms with Gasteiger partial charge in [0.2, 0.25) is 5.91 Å². The van der Waals surface area contributed by atoms with Gasteiger partial charge in [-0.3, -0.25) is 9.59 Å². The Bertz CT molecular complexity index is 700. The molecule has 3 nitrogen and oxygen atoms in total. The molecule has 1 amide bonds. The second-order valence-corrected chi connectivity index (χ2v) is 5.68. The summed E-state index contributed by atoms with van der Waals surface area (Å²) in [5.74, 6) is -0.707. The number of carbonyl (C=O) groups is 2. The number of hydrogen-bond donors (Lipinski definition) is 0. The predicted octanol–water partition coefficient (Wildman–Crippen LogP) is 4.10. The number of benzene rings is 2. The quantitative estimate of drug-likeness (QED) is 0.746. The van der Waals surface area contributed by atoms with Gasteiger partial charge in [-0.1, -0.05) is 29.8 Å². The zero-order chi connectivity index (χ0) is 16.8. The topological polar surface area (TPSA) is 37.4 Å². The van der Waals surface area contributed by atoms with Gasteiger partial charge < -0.3 is 4.90 Å². The van der Waals surface area contributed by atoms with Crippen LogP contribution in [-0.4, -0.2) is 23.6 Å². The van der Waals surface area contributed by atoms with Gasteiger partial charge in [-0.25, -0.2) is 4.39 Å². The molecule has 0 aliphatic heterocycles. The number of rotatable bonds is 6. The van der Waals surface area contributed by atoms with E-state index >= 15 is 0 Å². The largest absolute Gasteiger partial charge is 0.341 e. The first kappa shape index (κ1) is 17.2. The maximum absolute atomic E-state index is 12.8. The Balaban J connectivity index is 1.87. The summed E-state index contributed by atoms with van der Waals surface area (Å²) in [5, 5.41) is 0.606. The van der Waals surface area contributed by atoms with Crippen LogP contribution >= 0.6 is 11.6 Å². The van der Waals surface area contributed by atoms with E-state index in [1.807, 2.05) is 18.2 Å². The van der Waals surface area contributed by atoms with Gasteiger partial charge in [-0.2, -0.15) is 0 Å². The molecule has 0 aliphatic carbocycles. The average Bonchev–Trinajstić information content (AvgIpc) is 2.55. The van der Waals surface area contributed by atoms with Crippen molar-refractivity contribution in [1.29, 1.82) is 0 Å². The lowest BCUT2D eigenvalue weighted by Gasteiger charge is -2.17. The Labute approximate surface area is 139 Å². The van der Waals surface area contributed by atoms with Crippen molar-refractivity contribution >= 4 is 23.3 Å². The number of amides is 1. The van der Waals surface area contributed by atoms with Crippen molar-refractivity contribution in [2.45, 2.75) is 19.4 Å². The Morgan fingerprint density at radius 3 is 2.35 bits per heavy atom. The Hall–Kier alpha value is -2.20. The minimum atomic E-state index is -0.392. The molecule has 2 aromatic carbocycles. The fraction of sp³-hybridized carbons (Fsp3) is 0.222. The lowest BCUT2D eigenvalue weighted by Crippen LogP contribution is -2.26. The molecule has 0 saturated heterocycles. The number of Topliss-reactive ketones (excluding diaryl/α,β-unsaturated/α-hetero) is 1. The molecule has 2 aromatic rings. The molecule has 0 bridgehead atoms. The zero-order valence-electron chi connectivity index (χ0n) is 12.8. The summed E-state index contributed by atoms with van der Waals surface area (Å²) in [6.07, 6.45) is 0.203. The SMILES string of the molecule is CN(Cc1ccccc1Cl)C(=O)CCC(=O)c1ccc(F)cc1. The van der Waals surface area contributed by atoms with Crippen LogP contribution in [0.5, 0.6) is 0 Å². The monoisotopic (exact) mass is 333 g/mol. The van der Waals surface area contributed by atoms with E-state index in [-0.39, 0.29) is 24.5 Å². The second-order valence-electron chi connectivity index (χ2n) is 5.27. The molecule has 0 atom stereocenters. The highest BCUT2D eigenvalue weighted by Crippen LogP contribution is 2.17. The molecule has 5 heteroatoms. The Kier molecular flexibility index (Phi) is 5.88. The number of nitrogens with zero attached hydrogens (tertiary/aromatic N) is 1. The van der Waals surface area contributed by atoms with Gasteiger partial charge in [0.1, 0.15) is 5.82 Å². The first-order chi connectivity index (χ1) is 11.0. The molecular formula is C18H17ClFNO2. The van der Waals surface area contributed by atoms with Crippen LogP contribution in [-0.2, 0) is 11.3 Å². The maximum atomic E-state index is 12.8. The predicted molar refractivity (Wildman–Crippen MR) is 87.9 cm³/mol. The Morgan fingerprint density at radius 1 is 1.04 bits per heavy atom. The normalized spacial score (nSPS) is 10.4. The van der Waals surface area contributed by atoms with Crippen LogP contribution < -0.4 is 0 Å². The van der Waals surface area contributed by atoms with E-state index < -0.39 is 5.82 Å². The lowest BCUT2D eigenvalue weighted by molar-refractivity contribution is -0.130. The summed E-state index contributed by atoms with van der Waals surface area (Å²) in [4.78, 5) is 25.6. The number of halogens is 2. The van der Waals surface area contributed by atoms with Crippen molar-refractivity contribution in [3.05, 3.63) is 70.5 Å². The molecule has 0 N–H and O–H groups in total. The highest BCUT2D eigenvalue weighted by molar-refractivity contribution is 6.31. The number of carbonyl (C=O) groups excluding carboxylic acids is 2. The molecule has 0 aliphatic rings. The maximum Gasteiger partial charge on any atom is 0.223 e. The highest BCUT2D eigenvalue weighted by Gasteiger charge is 2.14. The van der Waals surface area contributed by atoms with Crippen LogP contribution in [0, 0.1) is 5.82 Å². The molecule has 2 rings (SSSR count). The van der Waals surface area contributed by atoms with Crippen molar-refractivity contribution in [2.24, 2.45) is 0 Å². The molecular weight excluding hydrogens is 317 g/mol. The van der Waals surface area contributed by atoms with Crippen molar-refractivity contribution in [3.63, 3.8) is 0 Å². The number of hydrogen-bond acceptors (Lipinski definition) is 2. The molecule has 0 radical (unpaired) electrons. The third-order valence-corrected chi connectivity index (χ3v) is 3.89. The van der Waals surface area contributed by atoms with E-state index in [4.69, 9.17) is 11.6 Å². The number of ketones is 1. The second kappa shape index (κ2) is 7.88. The molecule has 23 heavy (non-hydrogen) atoms. The van der Waals surface area contributed by atoms with Crippen LogP contribution in [0.1, 0.15) is 28.8 Å². The van der Waals surface area contributed by atoms with E-state index in [2.05, 4.69) is 0 Å². The highest BCUT2D eigenvalue weighted by atomic mass is 35.5. The summed E-state index contributed by atoms with van der Waals surface area (Å²) >= 11 is 6.07. The van der Waals surface area contributed by atoms with E-state index in [0.717, 1.165) is 5.56 Å². The minimum Gasteiger partial charge on any atom is -0.341 e. The van der Waals surface area contributed by atoms with Crippen LogP contribution in [0.4, 0.5) is 4.39 Å². The van der Waals surface area contributed by atoms with Crippen LogP contribution in [0.15, 0.2) is 48.5 Å². The van der Waals surface area contributed by atoms with Gasteiger partial charge in [0, 0.05) is 37.0 Å². The molecule has 0 unspecified atom stereocenters. The molecule has 0 spiro atoms. The van der Waals surface area contributed by atoms with Crippen LogP contribution in [0.25, 0.3) is 0 Å². The third-order valence-electron chi connectivity index (χ3n) is 3.52. The first-order valence-electron chi connectivity index (χ1n) is 7.23. The third kappa shape index (κ3) is 4.89. The molecule has 0 heterocycles. The van der Waals surface area contributed by atoms with Crippen molar-refractivity contribution < 1.29 is 14.0 Å². The standard InChI is InChI=1S/C18H17ClFNO2/c1-21(12-14-4-2-3-5-16(14)19)18(23)11-10-17(22)13-6-8-15(20)9-7-13/h2-9H,10-12H2,1H3. The van der Waals surface area contributed by atoms with E-state index in [0.29, 0.717) is 17.1 Å². The van der Waals surface area contributed by atoms with Crippen molar-refractivity contribution in [2.75, 3.05) is 7.05 Å². The van der Waals surface area contributed by atoms with Crippen molar-refractivity contribution in [3.8, 4) is 0 Å². The summed E-state index contributed by atoms with van der Waals surface area (Å²) in [6.45, 7) is 0.392. The van der Waals surface area contributed by atoms with Gasteiger partial charge in [-0.05, 0) is 35.9 Å². The average molecular weight is 334 g/mol. The fourth-order valence-corrected chi connectivity index (χ4v) is 2.36. The van der Waals surface area contributed by atoms with Crippen LogP contribution in [0.3, 0.4) is 0 Å². The van der Waals surface area contributed by atoms with Gasteiger partial charge >= 0.3 is 0 Å². The summed E-state index contributed by atoms with van der Waals surface area (Å²) < 4.78 is 12.8. The van der Waals surface area contributed by atoms with E-state index in [1.54, 1.807) is 18.0 Å². The van der Waals surface area contributed by atoms with Gasteiger partial charge in [0.25, 0.3) is 0 Å². The molecule has 120 valence electrons. The fourth-order valence-electron chi connectivity index (χ4n) is 2.16. The zero-order valence-corrected chi connectivity index (χ0v) is 13.5.